The minimum Gasteiger partial charge on any atom is -0.180 e. The Kier molecular flexibility index (Phi) is 3.11. The van der Waals surface area contributed by atoms with E-state index in [1.54, 1.807) is 4.80 Å². The molecular formula is C16H15N3. The molecule has 1 heterocycles. The summed E-state index contributed by atoms with van der Waals surface area (Å²) >= 11 is 0. The van der Waals surface area contributed by atoms with E-state index in [1.807, 2.05) is 24.3 Å². The third-order valence-electron chi connectivity index (χ3n) is 2.96. The lowest BCUT2D eigenvalue weighted by Gasteiger charge is -1.93. The van der Waals surface area contributed by atoms with Gasteiger partial charge in [-0.2, -0.15) is 15.0 Å². The van der Waals surface area contributed by atoms with Crippen molar-refractivity contribution in [1.29, 1.82) is 0 Å². The third-order valence-corrected chi connectivity index (χ3v) is 2.96. The Morgan fingerprint density at radius 1 is 1.00 bits per heavy atom. The SMILES string of the molecule is Cc1ccc2nn(C/C=C/c3ccccc3)nc2c1. The standard InChI is InChI=1S/C16H15N3/c1-13-9-10-15-16(12-13)18-19(17-15)11-5-8-14-6-3-2-4-7-14/h2-10,12H,11H2,1H3/b8-5+. The number of hydrogen-bond acceptors (Lipinski definition) is 2. The number of aromatic nitrogens is 3. The molecule has 0 unspecified atom stereocenters. The van der Waals surface area contributed by atoms with Crippen LogP contribution in [-0.4, -0.2) is 15.0 Å². The van der Waals surface area contributed by atoms with Crippen LogP contribution in [0.3, 0.4) is 0 Å². The maximum absolute atomic E-state index is 4.46. The summed E-state index contributed by atoms with van der Waals surface area (Å²) in [6.07, 6.45) is 4.15. The van der Waals surface area contributed by atoms with Crippen molar-refractivity contribution in [1.82, 2.24) is 15.0 Å². The van der Waals surface area contributed by atoms with Gasteiger partial charge in [-0.05, 0) is 30.2 Å². The van der Waals surface area contributed by atoms with E-state index in [2.05, 4.69) is 53.5 Å². The van der Waals surface area contributed by atoms with Crippen molar-refractivity contribution in [2.75, 3.05) is 0 Å². The molecule has 0 spiro atoms. The van der Waals surface area contributed by atoms with Crippen LogP contribution in [0.4, 0.5) is 0 Å². The molecule has 0 saturated heterocycles. The second-order valence-electron chi connectivity index (χ2n) is 4.56. The van der Waals surface area contributed by atoms with E-state index in [4.69, 9.17) is 0 Å². The topological polar surface area (TPSA) is 30.7 Å². The number of fused-ring (bicyclic) bond motifs is 1. The molecule has 0 atom stereocenters. The lowest BCUT2D eigenvalue weighted by Crippen LogP contribution is -1.99. The van der Waals surface area contributed by atoms with Gasteiger partial charge in [-0.1, -0.05) is 48.6 Å². The van der Waals surface area contributed by atoms with Crippen molar-refractivity contribution in [3.63, 3.8) is 0 Å². The Morgan fingerprint density at radius 3 is 2.63 bits per heavy atom. The van der Waals surface area contributed by atoms with E-state index >= 15 is 0 Å². The molecule has 94 valence electrons. The third kappa shape index (κ3) is 2.71. The molecule has 0 aliphatic carbocycles. The fraction of sp³-hybridized carbons (Fsp3) is 0.125. The number of allylic oxidation sites excluding steroid dienone is 1. The van der Waals surface area contributed by atoms with Gasteiger partial charge in [-0.3, -0.25) is 0 Å². The normalized spacial score (nSPS) is 11.4. The molecule has 0 amide bonds. The maximum atomic E-state index is 4.46. The van der Waals surface area contributed by atoms with Gasteiger partial charge in [0.25, 0.3) is 0 Å². The Hall–Kier alpha value is -2.42. The summed E-state index contributed by atoms with van der Waals surface area (Å²) in [6, 6.07) is 16.4. The Bertz CT molecular complexity index is 711. The zero-order valence-corrected chi connectivity index (χ0v) is 10.8. The van der Waals surface area contributed by atoms with E-state index in [0.29, 0.717) is 6.54 Å². The zero-order chi connectivity index (χ0) is 13.1. The molecule has 0 saturated carbocycles. The lowest BCUT2D eigenvalue weighted by atomic mass is 10.2. The zero-order valence-electron chi connectivity index (χ0n) is 10.8. The number of aryl methyl sites for hydroxylation is 1. The minimum atomic E-state index is 0.683. The number of hydrogen-bond donors (Lipinski definition) is 0. The van der Waals surface area contributed by atoms with Gasteiger partial charge in [0.2, 0.25) is 0 Å². The van der Waals surface area contributed by atoms with Crippen molar-refractivity contribution in [2.45, 2.75) is 13.5 Å². The van der Waals surface area contributed by atoms with Crippen LogP contribution in [0.2, 0.25) is 0 Å². The first-order valence-corrected chi connectivity index (χ1v) is 6.34. The molecule has 2 aromatic carbocycles. The summed E-state index contributed by atoms with van der Waals surface area (Å²) < 4.78 is 0. The second-order valence-corrected chi connectivity index (χ2v) is 4.56. The predicted molar refractivity (Wildman–Crippen MR) is 77.7 cm³/mol. The van der Waals surface area contributed by atoms with Gasteiger partial charge in [0.1, 0.15) is 11.0 Å². The second kappa shape index (κ2) is 5.06. The summed E-state index contributed by atoms with van der Waals surface area (Å²) in [5.74, 6) is 0. The molecule has 0 bridgehead atoms. The average Bonchev–Trinajstić information content (AvgIpc) is 2.82. The van der Waals surface area contributed by atoms with Crippen molar-refractivity contribution < 1.29 is 0 Å². The van der Waals surface area contributed by atoms with E-state index in [0.717, 1.165) is 11.0 Å². The first kappa shape index (κ1) is 11.7. The van der Waals surface area contributed by atoms with Gasteiger partial charge < -0.3 is 0 Å². The smallest absolute Gasteiger partial charge is 0.113 e. The van der Waals surface area contributed by atoms with Gasteiger partial charge in [0.15, 0.2) is 0 Å². The summed E-state index contributed by atoms with van der Waals surface area (Å²) in [6.45, 7) is 2.75. The molecule has 0 aliphatic rings. The quantitative estimate of drug-likeness (QED) is 0.711. The van der Waals surface area contributed by atoms with Gasteiger partial charge in [0.05, 0.1) is 6.54 Å². The fourth-order valence-corrected chi connectivity index (χ4v) is 2.00. The van der Waals surface area contributed by atoms with E-state index in [-0.39, 0.29) is 0 Å². The van der Waals surface area contributed by atoms with Crippen LogP contribution < -0.4 is 0 Å². The van der Waals surface area contributed by atoms with Crippen LogP contribution in [0.5, 0.6) is 0 Å². The van der Waals surface area contributed by atoms with Crippen molar-refractivity contribution >= 4 is 17.1 Å². The Balaban J connectivity index is 1.77. The molecular weight excluding hydrogens is 234 g/mol. The highest BCUT2D eigenvalue weighted by Gasteiger charge is 2.00. The molecule has 3 aromatic rings. The molecule has 0 fully saturated rings. The number of benzene rings is 2. The fourth-order valence-electron chi connectivity index (χ4n) is 2.00. The van der Waals surface area contributed by atoms with Crippen molar-refractivity contribution in [2.24, 2.45) is 0 Å². The minimum absolute atomic E-state index is 0.683. The maximum Gasteiger partial charge on any atom is 0.113 e. The average molecular weight is 249 g/mol. The van der Waals surface area contributed by atoms with E-state index in [9.17, 15) is 0 Å². The molecule has 0 radical (unpaired) electrons. The molecule has 0 aliphatic heterocycles. The molecule has 3 rings (SSSR count). The van der Waals surface area contributed by atoms with Gasteiger partial charge in [0, 0.05) is 0 Å². The predicted octanol–water partition coefficient (Wildman–Crippen LogP) is 3.45. The van der Waals surface area contributed by atoms with E-state index in [1.165, 1.54) is 11.1 Å². The van der Waals surface area contributed by atoms with Gasteiger partial charge in [-0.15, -0.1) is 0 Å². The molecule has 0 N–H and O–H groups in total. The highest BCUT2D eigenvalue weighted by atomic mass is 15.5. The van der Waals surface area contributed by atoms with Crippen LogP contribution >= 0.6 is 0 Å². The van der Waals surface area contributed by atoms with Crippen LogP contribution in [0.1, 0.15) is 11.1 Å². The lowest BCUT2D eigenvalue weighted by molar-refractivity contribution is 0.613. The monoisotopic (exact) mass is 249 g/mol. The van der Waals surface area contributed by atoms with Crippen molar-refractivity contribution in [3.05, 3.63) is 65.7 Å². The summed E-state index contributed by atoms with van der Waals surface area (Å²) in [7, 11) is 0. The molecule has 19 heavy (non-hydrogen) atoms. The van der Waals surface area contributed by atoms with Crippen LogP contribution in [0, 0.1) is 6.92 Å². The highest BCUT2D eigenvalue weighted by molar-refractivity contribution is 5.74. The Labute approximate surface area is 112 Å². The van der Waals surface area contributed by atoms with Crippen molar-refractivity contribution in [3.8, 4) is 0 Å². The van der Waals surface area contributed by atoms with Crippen LogP contribution in [0.25, 0.3) is 17.1 Å². The van der Waals surface area contributed by atoms with E-state index < -0.39 is 0 Å². The Morgan fingerprint density at radius 2 is 1.79 bits per heavy atom. The van der Waals surface area contributed by atoms with Gasteiger partial charge in [-0.25, -0.2) is 0 Å². The summed E-state index contributed by atoms with van der Waals surface area (Å²) in [5.41, 5.74) is 4.29. The van der Waals surface area contributed by atoms with Crippen LogP contribution in [-0.2, 0) is 6.54 Å². The first-order valence-electron chi connectivity index (χ1n) is 6.34. The molecule has 3 nitrogen and oxygen atoms in total. The first-order chi connectivity index (χ1) is 9.31. The number of nitrogens with zero attached hydrogens (tertiary/aromatic N) is 3. The summed E-state index contributed by atoms with van der Waals surface area (Å²) in [4.78, 5) is 1.73. The summed E-state index contributed by atoms with van der Waals surface area (Å²) in [5, 5.41) is 8.90. The molecule has 3 heteroatoms. The largest absolute Gasteiger partial charge is 0.180 e. The van der Waals surface area contributed by atoms with Crippen LogP contribution in [0.15, 0.2) is 54.6 Å². The van der Waals surface area contributed by atoms with Gasteiger partial charge >= 0.3 is 0 Å². The number of rotatable bonds is 3. The highest BCUT2D eigenvalue weighted by Crippen LogP contribution is 2.10. The molecule has 1 aromatic heterocycles.